The smallest absolute Gasteiger partial charge is 0.180 e. The molecule has 2 aliphatic heterocycles. The Morgan fingerprint density at radius 1 is 1.32 bits per heavy atom. The van der Waals surface area contributed by atoms with Crippen molar-refractivity contribution in [3.05, 3.63) is 29.8 Å². The minimum Gasteiger partial charge on any atom is -0.497 e. The van der Waals surface area contributed by atoms with Gasteiger partial charge >= 0.3 is 0 Å². The Labute approximate surface area is 114 Å². The summed E-state index contributed by atoms with van der Waals surface area (Å²) in [5.74, 6) is 0.764. The summed E-state index contributed by atoms with van der Waals surface area (Å²) in [5.41, 5.74) is 12.3. The zero-order valence-electron chi connectivity index (χ0n) is 10.3. The van der Waals surface area contributed by atoms with Crippen molar-refractivity contribution in [1.29, 1.82) is 0 Å². The minimum atomic E-state index is -1.02. The van der Waals surface area contributed by atoms with Crippen LogP contribution in [0.5, 0.6) is 5.75 Å². The molecule has 98 valence electrons. The van der Waals surface area contributed by atoms with Gasteiger partial charge in [-0.3, -0.25) is 10.7 Å². The molecule has 0 bridgehead atoms. The zero-order chi connectivity index (χ0) is 13.5. The van der Waals surface area contributed by atoms with Crippen molar-refractivity contribution in [2.24, 2.45) is 26.4 Å². The van der Waals surface area contributed by atoms with Crippen molar-refractivity contribution in [2.75, 3.05) is 7.11 Å². The number of nitrogens with zero attached hydrogens (tertiary/aromatic N) is 3. The summed E-state index contributed by atoms with van der Waals surface area (Å²) in [6, 6.07) is 7.42. The lowest BCUT2D eigenvalue weighted by Crippen LogP contribution is -2.47. The largest absolute Gasteiger partial charge is 0.497 e. The Balaban J connectivity index is 2.04. The molecule has 2 atom stereocenters. The van der Waals surface area contributed by atoms with Gasteiger partial charge in [0.05, 0.1) is 7.11 Å². The van der Waals surface area contributed by atoms with Crippen LogP contribution in [0.3, 0.4) is 0 Å². The summed E-state index contributed by atoms with van der Waals surface area (Å²) in [7, 11) is 1.62. The second-order valence-electron chi connectivity index (χ2n) is 4.16. The standard InChI is InChI=1S/C12H13N5OS/c1-18-8-4-2-7(3-5-8)12(14)9-10(15-6-16-12)19-11(13)17-9/h2-6,11H,13-14H2,1H3. The van der Waals surface area contributed by atoms with Gasteiger partial charge in [0.15, 0.2) is 11.2 Å². The van der Waals surface area contributed by atoms with Crippen LogP contribution in [0.2, 0.25) is 0 Å². The Hall–Kier alpha value is -1.70. The van der Waals surface area contributed by atoms with E-state index >= 15 is 0 Å². The number of nitrogens with two attached hydrogens (primary N) is 2. The van der Waals surface area contributed by atoms with E-state index in [9.17, 15) is 0 Å². The molecule has 2 unspecified atom stereocenters. The van der Waals surface area contributed by atoms with Crippen LogP contribution < -0.4 is 16.2 Å². The molecule has 0 fully saturated rings. The fourth-order valence-electron chi connectivity index (χ4n) is 2.02. The van der Waals surface area contributed by atoms with Gasteiger partial charge in [-0.05, 0) is 12.1 Å². The molecule has 0 radical (unpaired) electrons. The third-order valence-electron chi connectivity index (χ3n) is 3.02. The summed E-state index contributed by atoms with van der Waals surface area (Å²) in [5, 5.41) is 0.737. The molecule has 0 aromatic heterocycles. The molecule has 6 nitrogen and oxygen atoms in total. The molecular formula is C12H13N5OS. The van der Waals surface area contributed by atoms with E-state index in [0.717, 1.165) is 16.4 Å². The number of methoxy groups -OCH3 is 1. The van der Waals surface area contributed by atoms with E-state index in [1.54, 1.807) is 7.11 Å². The molecule has 2 heterocycles. The van der Waals surface area contributed by atoms with Crippen LogP contribution in [0.25, 0.3) is 0 Å². The van der Waals surface area contributed by atoms with Gasteiger partial charge in [-0.15, -0.1) is 0 Å². The second kappa shape index (κ2) is 4.44. The maximum atomic E-state index is 6.40. The van der Waals surface area contributed by atoms with E-state index in [1.807, 2.05) is 24.3 Å². The molecule has 7 heteroatoms. The molecule has 0 spiro atoms. The molecule has 0 aliphatic carbocycles. The van der Waals surface area contributed by atoms with Crippen molar-refractivity contribution in [1.82, 2.24) is 0 Å². The lowest BCUT2D eigenvalue weighted by molar-refractivity contribution is 0.414. The number of rotatable bonds is 2. The van der Waals surface area contributed by atoms with Gasteiger partial charge in [-0.1, -0.05) is 23.9 Å². The van der Waals surface area contributed by atoms with E-state index in [2.05, 4.69) is 15.0 Å². The van der Waals surface area contributed by atoms with Crippen LogP contribution in [-0.2, 0) is 5.66 Å². The highest BCUT2D eigenvalue weighted by atomic mass is 32.2. The highest BCUT2D eigenvalue weighted by Gasteiger charge is 2.41. The number of thioether (sulfide) groups is 1. The fraction of sp³-hybridized carbons (Fsp3) is 0.250. The molecule has 0 saturated carbocycles. The van der Waals surface area contributed by atoms with E-state index in [0.29, 0.717) is 5.71 Å². The quantitative estimate of drug-likeness (QED) is 0.829. The Bertz CT molecular complexity index is 595. The van der Waals surface area contributed by atoms with Gasteiger partial charge in [0.25, 0.3) is 0 Å². The van der Waals surface area contributed by atoms with E-state index in [-0.39, 0.29) is 5.50 Å². The van der Waals surface area contributed by atoms with Gasteiger partial charge in [0.1, 0.15) is 22.8 Å². The fourth-order valence-corrected chi connectivity index (χ4v) is 2.84. The van der Waals surface area contributed by atoms with Gasteiger partial charge < -0.3 is 10.5 Å². The summed E-state index contributed by atoms with van der Waals surface area (Å²) >= 11 is 1.38. The van der Waals surface area contributed by atoms with Crippen molar-refractivity contribution in [3.8, 4) is 5.75 Å². The first-order valence-electron chi connectivity index (χ1n) is 5.69. The molecule has 2 aliphatic rings. The molecule has 0 saturated heterocycles. The first-order chi connectivity index (χ1) is 9.13. The topological polar surface area (TPSA) is 98.3 Å². The number of ether oxygens (including phenoxy) is 1. The number of fused-ring (bicyclic) bond motifs is 1. The van der Waals surface area contributed by atoms with E-state index < -0.39 is 5.66 Å². The first-order valence-corrected chi connectivity index (χ1v) is 6.57. The van der Waals surface area contributed by atoms with Crippen molar-refractivity contribution >= 4 is 28.9 Å². The average Bonchev–Trinajstić information content (AvgIpc) is 2.81. The van der Waals surface area contributed by atoms with Gasteiger partial charge in [0.2, 0.25) is 0 Å². The van der Waals surface area contributed by atoms with E-state index in [4.69, 9.17) is 16.2 Å². The predicted molar refractivity (Wildman–Crippen MR) is 77.8 cm³/mol. The number of aliphatic imine (C=N–C) groups is 3. The molecular weight excluding hydrogens is 262 g/mol. The molecule has 4 N–H and O–H groups in total. The summed E-state index contributed by atoms with van der Waals surface area (Å²) in [6.07, 6.45) is 1.46. The Morgan fingerprint density at radius 3 is 2.74 bits per heavy atom. The predicted octanol–water partition coefficient (Wildman–Crippen LogP) is 0.677. The van der Waals surface area contributed by atoms with Gasteiger partial charge in [0, 0.05) is 5.56 Å². The highest BCUT2D eigenvalue weighted by molar-refractivity contribution is 8.16. The molecule has 19 heavy (non-hydrogen) atoms. The van der Waals surface area contributed by atoms with Gasteiger partial charge in [-0.25, -0.2) is 9.98 Å². The maximum absolute atomic E-state index is 6.40. The van der Waals surface area contributed by atoms with Crippen molar-refractivity contribution < 1.29 is 4.74 Å². The third kappa shape index (κ3) is 1.95. The van der Waals surface area contributed by atoms with Crippen LogP contribution in [0.4, 0.5) is 0 Å². The Morgan fingerprint density at radius 2 is 2.05 bits per heavy atom. The number of hydrogen-bond donors (Lipinski definition) is 2. The lowest BCUT2D eigenvalue weighted by Gasteiger charge is -2.27. The van der Waals surface area contributed by atoms with Crippen LogP contribution in [0.15, 0.2) is 39.2 Å². The average molecular weight is 275 g/mol. The second-order valence-corrected chi connectivity index (χ2v) is 5.27. The number of hydrogen-bond acceptors (Lipinski definition) is 7. The summed E-state index contributed by atoms with van der Waals surface area (Å²) in [4.78, 5) is 12.8. The minimum absolute atomic E-state index is 0.364. The van der Waals surface area contributed by atoms with Crippen LogP contribution in [-0.4, -0.2) is 29.7 Å². The first kappa shape index (κ1) is 12.3. The van der Waals surface area contributed by atoms with Gasteiger partial charge in [-0.2, -0.15) is 0 Å². The molecule has 0 amide bonds. The highest BCUT2D eigenvalue weighted by Crippen LogP contribution is 2.33. The van der Waals surface area contributed by atoms with Crippen LogP contribution in [0, 0.1) is 0 Å². The maximum Gasteiger partial charge on any atom is 0.180 e. The molecule has 1 aromatic rings. The SMILES string of the molecule is COc1ccc(C2(N)N=CN=C3SC(N)N=C32)cc1. The monoisotopic (exact) mass is 275 g/mol. The Kier molecular flexibility index (Phi) is 2.89. The summed E-state index contributed by atoms with van der Waals surface area (Å²) < 4.78 is 5.14. The molecule has 3 rings (SSSR count). The van der Waals surface area contributed by atoms with Crippen LogP contribution in [0.1, 0.15) is 5.56 Å². The summed E-state index contributed by atoms with van der Waals surface area (Å²) in [6.45, 7) is 0. The zero-order valence-corrected chi connectivity index (χ0v) is 11.1. The molecule has 1 aromatic carbocycles. The normalized spacial score (nSPS) is 28.7. The van der Waals surface area contributed by atoms with Crippen LogP contribution >= 0.6 is 11.8 Å². The third-order valence-corrected chi connectivity index (χ3v) is 3.89. The van der Waals surface area contributed by atoms with Crippen molar-refractivity contribution in [3.63, 3.8) is 0 Å². The van der Waals surface area contributed by atoms with E-state index in [1.165, 1.54) is 18.1 Å². The number of benzene rings is 1. The van der Waals surface area contributed by atoms with Crippen molar-refractivity contribution in [2.45, 2.75) is 11.2 Å². The lowest BCUT2D eigenvalue weighted by atomic mass is 9.95.